The Morgan fingerprint density at radius 3 is 2.50 bits per heavy atom. The average Bonchev–Trinajstić information content (AvgIpc) is 3.21. The Bertz CT molecular complexity index is 1300. The van der Waals surface area contributed by atoms with Gasteiger partial charge in [0.2, 0.25) is 5.95 Å². The van der Waals surface area contributed by atoms with E-state index in [2.05, 4.69) is 0 Å². The second-order valence-corrected chi connectivity index (χ2v) is 7.65. The average molecular weight is 437 g/mol. The summed E-state index contributed by atoms with van der Waals surface area (Å²) in [5.74, 6) is -0.949. The first kappa shape index (κ1) is 21.5. The standard InChI is InChI=1S/C23H21F2N5O2/c1-29-22(31)20(13-5-6-19(32-2)18(25)9-13)21(14-3-4-15(11-26)17(24)10-14)28-23(29)30-8-7-16(27)12-30/h3-6,9-10,16H,7-8,12,27H2,1-2H3/t16-/m1/s1. The minimum atomic E-state index is -0.732. The van der Waals surface area contributed by atoms with Crippen molar-refractivity contribution in [2.75, 3.05) is 25.1 Å². The van der Waals surface area contributed by atoms with E-state index in [0.29, 0.717) is 24.6 Å². The van der Waals surface area contributed by atoms with Gasteiger partial charge in [0.15, 0.2) is 11.6 Å². The van der Waals surface area contributed by atoms with Crippen molar-refractivity contribution in [2.45, 2.75) is 12.5 Å². The van der Waals surface area contributed by atoms with Crippen LogP contribution in [0, 0.1) is 23.0 Å². The van der Waals surface area contributed by atoms with Gasteiger partial charge in [0.1, 0.15) is 11.9 Å². The molecule has 1 saturated heterocycles. The molecule has 1 aliphatic rings. The Hall–Kier alpha value is -3.77. The first-order valence-corrected chi connectivity index (χ1v) is 9.99. The minimum absolute atomic E-state index is 0.0344. The molecule has 0 bridgehead atoms. The Labute approximate surface area is 183 Å². The molecule has 0 saturated carbocycles. The number of anilines is 1. The highest BCUT2D eigenvalue weighted by molar-refractivity contribution is 5.81. The number of rotatable bonds is 4. The molecule has 1 aliphatic heterocycles. The number of aromatic nitrogens is 2. The van der Waals surface area contributed by atoms with Crippen LogP contribution in [-0.4, -0.2) is 35.8 Å². The molecule has 32 heavy (non-hydrogen) atoms. The molecule has 7 nitrogen and oxygen atoms in total. The van der Waals surface area contributed by atoms with E-state index in [0.717, 1.165) is 12.5 Å². The van der Waals surface area contributed by atoms with E-state index in [1.54, 1.807) is 19.2 Å². The number of halogens is 2. The van der Waals surface area contributed by atoms with E-state index in [4.69, 9.17) is 20.7 Å². The fourth-order valence-electron chi connectivity index (χ4n) is 3.89. The summed E-state index contributed by atoms with van der Waals surface area (Å²) < 4.78 is 35.2. The Balaban J connectivity index is 1.99. The largest absolute Gasteiger partial charge is 0.494 e. The molecular weight excluding hydrogens is 416 g/mol. The van der Waals surface area contributed by atoms with E-state index < -0.39 is 17.2 Å². The van der Waals surface area contributed by atoms with Gasteiger partial charge in [-0.1, -0.05) is 12.1 Å². The van der Waals surface area contributed by atoms with Crippen LogP contribution in [-0.2, 0) is 7.05 Å². The van der Waals surface area contributed by atoms with E-state index in [1.165, 1.54) is 35.9 Å². The molecule has 4 rings (SSSR count). The molecule has 0 amide bonds. The number of hydrogen-bond donors (Lipinski definition) is 1. The molecule has 0 radical (unpaired) electrons. The normalized spacial score (nSPS) is 15.6. The first-order valence-electron chi connectivity index (χ1n) is 9.99. The van der Waals surface area contributed by atoms with Gasteiger partial charge in [-0.3, -0.25) is 9.36 Å². The van der Waals surface area contributed by atoms with Gasteiger partial charge in [-0.2, -0.15) is 5.26 Å². The number of ether oxygens (including phenoxy) is 1. The van der Waals surface area contributed by atoms with E-state index in [-0.39, 0.29) is 34.2 Å². The number of methoxy groups -OCH3 is 1. The lowest BCUT2D eigenvalue weighted by Crippen LogP contribution is -2.33. The minimum Gasteiger partial charge on any atom is -0.494 e. The molecule has 2 N–H and O–H groups in total. The molecule has 0 spiro atoms. The number of nitrogens with zero attached hydrogens (tertiary/aromatic N) is 4. The summed E-state index contributed by atoms with van der Waals surface area (Å²) in [6.45, 7) is 1.15. The van der Waals surface area contributed by atoms with Crippen LogP contribution < -0.4 is 20.9 Å². The molecule has 1 aromatic heterocycles. The molecular formula is C23H21F2N5O2. The third kappa shape index (κ3) is 3.69. The Kier molecular flexibility index (Phi) is 5.63. The predicted octanol–water partition coefficient (Wildman–Crippen LogP) is 2.81. The summed E-state index contributed by atoms with van der Waals surface area (Å²) in [6, 6.07) is 9.89. The first-order chi connectivity index (χ1) is 15.3. The van der Waals surface area contributed by atoms with E-state index in [1.807, 2.05) is 4.90 Å². The zero-order chi connectivity index (χ0) is 23.0. The second-order valence-electron chi connectivity index (χ2n) is 7.65. The Morgan fingerprint density at radius 2 is 1.91 bits per heavy atom. The van der Waals surface area contributed by atoms with Crippen molar-refractivity contribution in [3.05, 3.63) is 63.9 Å². The zero-order valence-corrected chi connectivity index (χ0v) is 17.6. The van der Waals surface area contributed by atoms with Crippen LogP contribution in [0.4, 0.5) is 14.7 Å². The van der Waals surface area contributed by atoms with Gasteiger partial charge in [-0.15, -0.1) is 0 Å². The fraction of sp³-hybridized carbons (Fsp3) is 0.261. The quantitative estimate of drug-likeness (QED) is 0.674. The summed E-state index contributed by atoms with van der Waals surface area (Å²) in [5, 5.41) is 9.05. The summed E-state index contributed by atoms with van der Waals surface area (Å²) in [5.41, 5.74) is 6.37. The van der Waals surface area contributed by atoms with Crippen LogP contribution in [0.25, 0.3) is 22.4 Å². The molecule has 0 unspecified atom stereocenters. The molecule has 1 fully saturated rings. The maximum atomic E-state index is 14.5. The van der Waals surface area contributed by atoms with Crippen LogP contribution in [0.15, 0.2) is 41.2 Å². The number of nitrogens with two attached hydrogens (primary N) is 1. The highest BCUT2D eigenvalue weighted by Gasteiger charge is 2.26. The van der Waals surface area contributed by atoms with Gasteiger partial charge >= 0.3 is 0 Å². The molecule has 2 heterocycles. The predicted molar refractivity (Wildman–Crippen MR) is 116 cm³/mol. The maximum Gasteiger partial charge on any atom is 0.263 e. The molecule has 1 atom stereocenters. The molecule has 2 aromatic carbocycles. The van der Waals surface area contributed by atoms with Gasteiger partial charge in [0, 0.05) is 31.7 Å². The van der Waals surface area contributed by atoms with Gasteiger partial charge in [0.05, 0.1) is 23.9 Å². The van der Waals surface area contributed by atoms with Crippen LogP contribution in [0.3, 0.4) is 0 Å². The summed E-state index contributed by atoms with van der Waals surface area (Å²) in [6.07, 6.45) is 0.752. The highest BCUT2D eigenvalue weighted by atomic mass is 19.1. The Morgan fingerprint density at radius 1 is 1.19 bits per heavy atom. The van der Waals surface area contributed by atoms with Crippen molar-refractivity contribution in [3.8, 4) is 34.2 Å². The number of hydrogen-bond acceptors (Lipinski definition) is 6. The van der Waals surface area contributed by atoms with Crippen LogP contribution >= 0.6 is 0 Å². The zero-order valence-electron chi connectivity index (χ0n) is 17.6. The molecule has 9 heteroatoms. The van der Waals surface area contributed by atoms with Crippen LogP contribution in [0.2, 0.25) is 0 Å². The lowest BCUT2D eigenvalue weighted by Gasteiger charge is -2.22. The number of nitriles is 1. The maximum absolute atomic E-state index is 14.5. The monoisotopic (exact) mass is 437 g/mol. The molecule has 3 aromatic rings. The SMILES string of the molecule is COc1ccc(-c2c(-c3ccc(C#N)c(F)c3)nc(N3CC[C@@H](N)C3)n(C)c2=O)cc1F. The van der Waals surface area contributed by atoms with Gasteiger partial charge in [0.25, 0.3) is 5.56 Å². The van der Waals surface area contributed by atoms with Crippen molar-refractivity contribution in [1.82, 2.24) is 9.55 Å². The van der Waals surface area contributed by atoms with E-state index in [9.17, 15) is 13.6 Å². The second kappa shape index (κ2) is 8.40. The molecule has 164 valence electrons. The highest BCUT2D eigenvalue weighted by Crippen LogP contribution is 2.33. The van der Waals surface area contributed by atoms with E-state index >= 15 is 0 Å². The van der Waals surface area contributed by atoms with Gasteiger partial charge in [-0.25, -0.2) is 13.8 Å². The summed E-state index contributed by atoms with van der Waals surface area (Å²) in [4.78, 5) is 20.1. The van der Waals surface area contributed by atoms with Crippen molar-refractivity contribution >= 4 is 5.95 Å². The van der Waals surface area contributed by atoms with Crippen molar-refractivity contribution in [2.24, 2.45) is 12.8 Å². The van der Waals surface area contributed by atoms with Gasteiger partial charge in [-0.05, 0) is 36.2 Å². The lowest BCUT2D eigenvalue weighted by molar-refractivity contribution is 0.386. The van der Waals surface area contributed by atoms with Crippen molar-refractivity contribution < 1.29 is 13.5 Å². The lowest BCUT2D eigenvalue weighted by atomic mass is 9.99. The third-order valence-corrected chi connectivity index (χ3v) is 5.58. The molecule has 0 aliphatic carbocycles. The van der Waals surface area contributed by atoms with Crippen LogP contribution in [0.1, 0.15) is 12.0 Å². The smallest absolute Gasteiger partial charge is 0.263 e. The van der Waals surface area contributed by atoms with Crippen LogP contribution in [0.5, 0.6) is 5.75 Å². The van der Waals surface area contributed by atoms with Crippen molar-refractivity contribution in [3.63, 3.8) is 0 Å². The fourth-order valence-corrected chi connectivity index (χ4v) is 3.89. The summed E-state index contributed by atoms with van der Waals surface area (Å²) >= 11 is 0. The number of benzene rings is 2. The third-order valence-electron chi connectivity index (χ3n) is 5.58. The summed E-state index contributed by atoms with van der Waals surface area (Å²) in [7, 11) is 2.93. The topological polar surface area (TPSA) is 97.2 Å². The van der Waals surface area contributed by atoms with Gasteiger partial charge < -0.3 is 15.4 Å². The van der Waals surface area contributed by atoms with Crippen molar-refractivity contribution in [1.29, 1.82) is 5.26 Å².